The van der Waals surface area contributed by atoms with Gasteiger partial charge in [-0.25, -0.2) is 13.1 Å². The highest BCUT2D eigenvalue weighted by atomic mass is 35.5. The normalized spacial score (nSPS) is 12.2. The van der Waals surface area contributed by atoms with Crippen LogP contribution in [0.2, 0.25) is 5.02 Å². The molecule has 0 fully saturated rings. The van der Waals surface area contributed by atoms with Crippen molar-refractivity contribution in [2.24, 2.45) is 0 Å². The van der Waals surface area contributed by atoms with Crippen LogP contribution in [0.15, 0.2) is 23.1 Å². The van der Waals surface area contributed by atoms with Crippen LogP contribution in [0, 0.1) is 0 Å². The summed E-state index contributed by atoms with van der Waals surface area (Å²) in [6, 6.07) is 2.31. The van der Waals surface area contributed by atoms with Gasteiger partial charge in [-0.2, -0.15) is 13.2 Å². The second-order valence-corrected chi connectivity index (χ2v) is 7.16. The van der Waals surface area contributed by atoms with Gasteiger partial charge in [0.05, 0.1) is 15.5 Å². The molecule has 1 aromatic rings. The molecule has 0 aliphatic carbocycles. The topological polar surface area (TPSA) is 75.3 Å². The third kappa shape index (κ3) is 6.29. The molecule has 0 saturated carbocycles. The van der Waals surface area contributed by atoms with Crippen LogP contribution >= 0.6 is 11.6 Å². The van der Waals surface area contributed by atoms with Crippen molar-refractivity contribution in [3.05, 3.63) is 28.8 Å². The van der Waals surface area contributed by atoms with E-state index < -0.39 is 31.7 Å². The molecule has 0 heterocycles. The van der Waals surface area contributed by atoms with Gasteiger partial charge in [0, 0.05) is 19.5 Å². The molecular weight excluding hydrogens is 369 g/mol. The summed E-state index contributed by atoms with van der Waals surface area (Å²) in [6.45, 7) is 2.24. The van der Waals surface area contributed by atoms with E-state index >= 15 is 0 Å². The number of sulfonamides is 1. The number of alkyl halides is 3. The van der Waals surface area contributed by atoms with Crippen LogP contribution in [-0.2, 0) is 21.0 Å². The first-order valence-corrected chi connectivity index (χ1v) is 9.07. The Morgan fingerprint density at radius 3 is 2.50 bits per heavy atom. The summed E-state index contributed by atoms with van der Waals surface area (Å²) < 4.78 is 64.4. The summed E-state index contributed by atoms with van der Waals surface area (Å²) in [5.41, 5.74) is -1.23. The van der Waals surface area contributed by atoms with Gasteiger partial charge < -0.3 is 5.32 Å². The molecule has 0 spiro atoms. The van der Waals surface area contributed by atoms with Crippen molar-refractivity contribution in [1.29, 1.82) is 0 Å². The lowest BCUT2D eigenvalue weighted by Gasteiger charge is -2.12. The predicted molar refractivity (Wildman–Crippen MR) is 84.2 cm³/mol. The van der Waals surface area contributed by atoms with E-state index in [1.807, 2.05) is 6.92 Å². The number of carbonyl (C=O) groups is 1. The number of nitrogens with one attached hydrogen (secondary N) is 2. The number of unbranched alkanes of at least 4 members (excludes halogenated alkanes) is 1. The highest BCUT2D eigenvalue weighted by Gasteiger charge is 2.34. The van der Waals surface area contributed by atoms with Crippen molar-refractivity contribution >= 4 is 27.5 Å². The largest absolute Gasteiger partial charge is 0.417 e. The van der Waals surface area contributed by atoms with E-state index in [2.05, 4.69) is 10.0 Å². The van der Waals surface area contributed by atoms with Crippen molar-refractivity contribution in [2.75, 3.05) is 13.1 Å². The maximum atomic E-state index is 12.8. The van der Waals surface area contributed by atoms with Crippen LogP contribution in [-0.4, -0.2) is 27.4 Å². The summed E-state index contributed by atoms with van der Waals surface area (Å²) >= 11 is 5.45. The zero-order chi connectivity index (χ0) is 18.4. The number of amides is 1. The monoisotopic (exact) mass is 386 g/mol. The van der Waals surface area contributed by atoms with Crippen LogP contribution in [0.3, 0.4) is 0 Å². The smallest absolute Gasteiger partial charge is 0.356 e. The average molecular weight is 387 g/mol. The van der Waals surface area contributed by atoms with Crippen LogP contribution < -0.4 is 10.0 Å². The first-order valence-electron chi connectivity index (χ1n) is 7.21. The van der Waals surface area contributed by atoms with Crippen molar-refractivity contribution in [3.8, 4) is 0 Å². The van der Waals surface area contributed by atoms with Crippen LogP contribution in [0.1, 0.15) is 31.7 Å². The van der Waals surface area contributed by atoms with Crippen LogP contribution in [0.4, 0.5) is 13.2 Å². The lowest BCUT2D eigenvalue weighted by molar-refractivity contribution is -0.137. The van der Waals surface area contributed by atoms with Gasteiger partial charge in [-0.05, 0) is 24.6 Å². The zero-order valence-electron chi connectivity index (χ0n) is 12.9. The van der Waals surface area contributed by atoms with E-state index in [9.17, 15) is 26.4 Å². The molecule has 0 bridgehead atoms. The molecule has 2 N–H and O–H groups in total. The SMILES string of the molecule is CCCCNC(=O)CCNS(=O)(=O)c1ccc(Cl)c(C(F)(F)F)c1. The van der Waals surface area contributed by atoms with Gasteiger partial charge in [0.15, 0.2) is 0 Å². The van der Waals surface area contributed by atoms with Crippen LogP contribution in [0.25, 0.3) is 0 Å². The minimum Gasteiger partial charge on any atom is -0.356 e. The van der Waals surface area contributed by atoms with Crippen molar-refractivity contribution < 1.29 is 26.4 Å². The fraction of sp³-hybridized carbons (Fsp3) is 0.500. The second-order valence-electron chi connectivity index (χ2n) is 4.99. The molecule has 136 valence electrons. The molecule has 1 rings (SSSR count). The molecule has 0 radical (unpaired) electrons. The number of halogens is 4. The summed E-state index contributed by atoms with van der Waals surface area (Å²) in [7, 11) is -4.17. The molecular formula is C14H18ClF3N2O3S. The molecule has 1 aromatic carbocycles. The number of hydrogen-bond donors (Lipinski definition) is 2. The molecule has 10 heteroatoms. The minimum absolute atomic E-state index is 0.108. The quantitative estimate of drug-likeness (QED) is 0.674. The Kier molecular flexibility index (Phi) is 7.50. The van der Waals surface area contributed by atoms with E-state index in [0.717, 1.165) is 25.0 Å². The molecule has 0 saturated heterocycles. The maximum Gasteiger partial charge on any atom is 0.417 e. The molecule has 0 aliphatic rings. The third-order valence-electron chi connectivity index (χ3n) is 3.05. The summed E-state index contributed by atoms with van der Waals surface area (Å²) in [5.74, 6) is -0.335. The van der Waals surface area contributed by atoms with E-state index in [1.54, 1.807) is 0 Å². The highest BCUT2D eigenvalue weighted by molar-refractivity contribution is 7.89. The summed E-state index contributed by atoms with van der Waals surface area (Å²) in [5, 5.41) is 2.02. The lowest BCUT2D eigenvalue weighted by Crippen LogP contribution is -2.31. The fourth-order valence-electron chi connectivity index (χ4n) is 1.76. The summed E-state index contributed by atoms with van der Waals surface area (Å²) in [6.07, 6.45) is -3.15. The van der Waals surface area contributed by atoms with Gasteiger partial charge in [0.25, 0.3) is 0 Å². The molecule has 24 heavy (non-hydrogen) atoms. The van der Waals surface area contributed by atoms with Crippen LogP contribution in [0.5, 0.6) is 0 Å². The van der Waals surface area contributed by atoms with E-state index in [1.165, 1.54) is 0 Å². The number of hydrogen-bond acceptors (Lipinski definition) is 3. The average Bonchev–Trinajstić information content (AvgIpc) is 2.46. The van der Waals surface area contributed by atoms with Gasteiger partial charge in [0.1, 0.15) is 0 Å². The number of carbonyl (C=O) groups excluding carboxylic acids is 1. The molecule has 0 unspecified atom stereocenters. The van der Waals surface area contributed by atoms with Gasteiger partial charge in [-0.3, -0.25) is 4.79 Å². The Bertz CT molecular complexity index is 678. The standard InChI is InChI=1S/C14H18ClF3N2O3S/c1-2-3-7-19-13(21)6-8-20-24(22,23)10-4-5-12(15)11(9-10)14(16,17)18/h4-5,9,20H,2-3,6-8H2,1H3,(H,19,21). The van der Waals surface area contributed by atoms with Gasteiger partial charge in [0.2, 0.25) is 15.9 Å². The van der Waals surface area contributed by atoms with Crippen molar-refractivity contribution in [1.82, 2.24) is 10.0 Å². The number of rotatable bonds is 8. The molecule has 1 amide bonds. The fourth-order valence-corrected chi connectivity index (χ4v) is 3.05. The van der Waals surface area contributed by atoms with Gasteiger partial charge in [-0.15, -0.1) is 0 Å². The Morgan fingerprint density at radius 1 is 1.25 bits per heavy atom. The number of benzene rings is 1. The molecule has 0 aromatic heterocycles. The first kappa shape index (κ1) is 20.7. The first-order chi connectivity index (χ1) is 11.1. The Balaban J connectivity index is 2.71. The second kappa shape index (κ2) is 8.68. The molecule has 5 nitrogen and oxygen atoms in total. The predicted octanol–water partition coefficient (Wildman–Crippen LogP) is 2.94. The van der Waals surface area contributed by atoms with Gasteiger partial charge in [-0.1, -0.05) is 24.9 Å². The minimum atomic E-state index is -4.76. The lowest BCUT2D eigenvalue weighted by atomic mass is 10.2. The van der Waals surface area contributed by atoms with E-state index in [4.69, 9.17) is 11.6 Å². The Labute approximate surface area is 143 Å². The highest BCUT2D eigenvalue weighted by Crippen LogP contribution is 2.35. The summed E-state index contributed by atoms with van der Waals surface area (Å²) in [4.78, 5) is 10.9. The van der Waals surface area contributed by atoms with Crippen molar-refractivity contribution in [2.45, 2.75) is 37.3 Å². The maximum absolute atomic E-state index is 12.8. The molecule has 0 aliphatic heterocycles. The van der Waals surface area contributed by atoms with E-state index in [0.29, 0.717) is 12.6 Å². The molecule has 0 atom stereocenters. The zero-order valence-corrected chi connectivity index (χ0v) is 14.5. The van der Waals surface area contributed by atoms with Gasteiger partial charge >= 0.3 is 6.18 Å². The third-order valence-corrected chi connectivity index (χ3v) is 4.84. The van der Waals surface area contributed by atoms with Crippen molar-refractivity contribution in [3.63, 3.8) is 0 Å². The van der Waals surface area contributed by atoms with E-state index in [-0.39, 0.29) is 18.9 Å². The Hall–Kier alpha value is -1.32. The Morgan fingerprint density at radius 2 is 1.92 bits per heavy atom.